The second-order valence-corrected chi connectivity index (χ2v) is 15.5. The Labute approximate surface area is 379 Å². The van der Waals surface area contributed by atoms with Crippen molar-refractivity contribution in [2.45, 2.75) is 32.7 Å². The van der Waals surface area contributed by atoms with Crippen LogP contribution in [0.2, 0.25) is 0 Å². The first-order valence-electron chi connectivity index (χ1n) is 21.7. The molecule has 4 aromatic heterocycles. The lowest BCUT2D eigenvalue weighted by Crippen LogP contribution is -2.23. The van der Waals surface area contributed by atoms with Gasteiger partial charge in [-0.3, -0.25) is 14.5 Å². The van der Waals surface area contributed by atoms with E-state index in [0.717, 1.165) is 28.1 Å². The molecule has 0 aliphatic heterocycles. The molecule has 0 unspecified atom stereocenters. The number of rotatable bonds is 22. The molecule has 15 nitrogen and oxygen atoms in total. The fourth-order valence-electron chi connectivity index (χ4n) is 7.40. The van der Waals surface area contributed by atoms with E-state index in [2.05, 4.69) is 37.7 Å². The monoisotopic (exact) mass is 885 g/mol. The number of hydrogen-bond donors (Lipinski definition) is 0. The molecule has 4 heterocycles. The fourth-order valence-corrected chi connectivity index (χ4v) is 7.40. The molecule has 0 spiro atoms. The maximum Gasteiger partial charge on any atom is 0.193 e. The Kier molecular flexibility index (Phi) is 14.1. The van der Waals surface area contributed by atoms with Gasteiger partial charge in [-0.1, -0.05) is 101 Å². The van der Waals surface area contributed by atoms with E-state index < -0.39 is 0 Å². The molecule has 0 aliphatic carbocycles. The predicted molar refractivity (Wildman–Crippen MR) is 248 cm³/mol. The molecule has 0 aliphatic rings. The quantitative estimate of drug-likeness (QED) is 0.0607. The lowest BCUT2D eigenvalue weighted by molar-refractivity contribution is 0.0923. The van der Waals surface area contributed by atoms with E-state index in [9.17, 15) is 9.59 Å². The number of hydrogen-bond acceptors (Lipinski definition) is 13. The molecule has 0 bridgehead atoms. The van der Waals surface area contributed by atoms with Gasteiger partial charge in [0.1, 0.15) is 47.4 Å². The van der Waals surface area contributed by atoms with Crippen molar-refractivity contribution in [3.63, 3.8) is 0 Å². The molecule has 0 fully saturated rings. The van der Waals surface area contributed by atoms with Gasteiger partial charge < -0.3 is 27.8 Å². The molecule has 0 saturated carbocycles. The third-order valence-electron chi connectivity index (χ3n) is 10.6. The minimum Gasteiger partial charge on any atom is -0.491 e. The summed E-state index contributed by atoms with van der Waals surface area (Å²) in [7, 11) is 0. The molecule has 0 saturated heterocycles. The first-order chi connectivity index (χ1) is 32.5. The lowest BCUT2D eigenvalue weighted by atomic mass is 10.1. The van der Waals surface area contributed by atoms with Crippen LogP contribution in [0.3, 0.4) is 0 Å². The number of aromatic nitrogens is 6. The minimum atomic E-state index is -0.130. The highest BCUT2D eigenvalue weighted by Crippen LogP contribution is 2.26. The third kappa shape index (κ3) is 11.5. The van der Waals surface area contributed by atoms with Crippen molar-refractivity contribution in [3.8, 4) is 34.1 Å². The van der Waals surface area contributed by atoms with Crippen molar-refractivity contribution in [1.82, 2.24) is 34.9 Å². The molecule has 5 aromatic carbocycles. The van der Waals surface area contributed by atoms with Crippen molar-refractivity contribution in [1.29, 1.82) is 0 Å². The van der Waals surface area contributed by atoms with Crippen molar-refractivity contribution in [3.05, 3.63) is 189 Å². The van der Waals surface area contributed by atoms with Gasteiger partial charge in [-0.05, 0) is 35.9 Å². The zero-order chi connectivity index (χ0) is 44.9. The van der Waals surface area contributed by atoms with Crippen LogP contribution in [0.1, 0.15) is 17.0 Å². The van der Waals surface area contributed by atoms with Gasteiger partial charge in [-0.25, -0.2) is 9.36 Å². The molecule has 9 aromatic rings. The van der Waals surface area contributed by atoms with Crippen molar-refractivity contribution in [2.75, 3.05) is 39.6 Å². The molecule has 0 amide bonds. The lowest BCUT2D eigenvalue weighted by Gasteiger charge is -2.20. The Bertz CT molecular complexity index is 3100. The summed E-state index contributed by atoms with van der Waals surface area (Å²) in [5.41, 5.74) is 5.21. The van der Waals surface area contributed by atoms with Crippen LogP contribution < -0.4 is 20.3 Å². The Morgan fingerprint density at radius 2 is 1.00 bits per heavy atom. The summed E-state index contributed by atoms with van der Waals surface area (Å²) in [5, 5.41) is 18.5. The van der Waals surface area contributed by atoms with Gasteiger partial charge in [-0.15, -0.1) is 10.2 Å². The normalized spacial score (nSPS) is 11.5. The van der Waals surface area contributed by atoms with E-state index in [4.69, 9.17) is 27.8 Å². The van der Waals surface area contributed by atoms with Crippen molar-refractivity contribution >= 4 is 21.9 Å². The highest BCUT2D eigenvalue weighted by Gasteiger charge is 2.15. The largest absolute Gasteiger partial charge is 0.491 e. The van der Waals surface area contributed by atoms with E-state index in [1.807, 2.05) is 91.3 Å². The van der Waals surface area contributed by atoms with Crippen LogP contribution in [0.25, 0.3) is 44.6 Å². The number of nitrogens with zero attached hydrogens (tertiary/aromatic N) is 7. The van der Waals surface area contributed by atoms with Crippen molar-refractivity contribution in [2.24, 2.45) is 0 Å². The van der Waals surface area contributed by atoms with Crippen LogP contribution >= 0.6 is 0 Å². The minimum absolute atomic E-state index is 0.107. The van der Waals surface area contributed by atoms with E-state index in [0.29, 0.717) is 117 Å². The second-order valence-electron chi connectivity index (χ2n) is 15.5. The average molecular weight is 886 g/mol. The third-order valence-corrected chi connectivity index (χ3v) is 10.6. The molecular formula is C51H47N7O8. The molecule has 0 N–H and O–H groups in total. The smallest absolute Gasteiger partial charge is 0.193 e. The van der Waals surface area contributed by atoms with Gasteiger partial charge in [0.05, 0.1) is 61.7 Å². The van der Waals surface area contributed by atoms with Gasteiger partial charge in [0.2, 0.25) is 0 Å². The Hall–Kier alpha value is -7.72. The van der Waals surface area contributed by atoms with Gasteiger partial charge in [-0.2, -0.15) is 0 Å². The van der Waals surface area contributed by atoms with E-state index in [1.165, 1.54) is 12.1 Å². The van der Waals surface area contributed by atoms with Gasteiger partial charge in [0.15, 0.2) is 10.9 Å². The summed E-state index contributed by atoms with van der Waals surface area (Å²) in [6, 6.07) is 42.8. The molecule has 9 rings (SSSR count). The van der Waals surface area contributed by atoms with Crippen LogP contribution in [-0.4, -0.2) is 74.5 Å². The number of ether oxygens (including phenoxy) is 4. The van der Waals surface area contributed by atoms with E-state index >= 15 is 0 Å². The zero-order valence-corrected chi connectivity index (χ0v) is 36.1. The van der Waals surface area contributed by atoms with E-state index in [1.54, 1.807) is 45.8 Å². The summed E-state index contributed by atoms with van der Waals surface area (Å²) < 4.78 is 39.1. The summed E-state index contributed by atoms with van der Waals surface area (Å²) >= 11 is 0. The van der Waals surface area contributed by atoms with Gasteiger partial charge in [0.25, 0.3) is 0 Å². The highest BCUT2D eigenvalue weighted by atomic mass is 16.5. The summed E-state index contributed by atoms with van der Waals surface area (Å²) in [6.07, 6.45) is 3.86. The maximum atomic E-state index is 12.9. The molecule has 334 valence electrons. The second kappa shape index (κ2) is 21.3. The molecular weight excluding hydrogens is 839 g/mol. The van der Waals surface area contributed by atoms with Crippen LogP contribution in [0.4, 0.5) is 0 Å². The van der Waals surface area contributed by atoms with Crippen LogP contribution in [0, 0.1) is 0 Å². The zero-order valence-electron chi connectivity index (χ0n) is 36.1. The first kappa shape index (κ1) is 43.5. The maximum absolute atomic E-state index is 12.9. The Morgan fingerprint density at radius 3 is 1.59 bits per heavy atom. The summed E-state index contributed by atoms with van der Waals surface area (Å²) in [5.74, 6) is 2.19. The molecule has 0 radical (unpaired) electrons. The Morgan fingerprint density at radius 1 is 0.485 bits per heavy atom. The molecule has 0 atom stereocenters. The van der Waals surface area contributed by atoms with Crippen LogP contribution in [0.15, 0.2) is 170 Å². The average Bonchev–Trinajstić information content (AvgIpc) is 4.00. The van der Waals surface area contributed by atoms with Crippen molar-refractivity contribution < 1.29 is 27.8 Å². The number of benzene rings is 5. The first-order valence-corrected chi connectivity index (χ1v) is 21.7. The molecule has 66 heavy (non-hydrogen) atoms. The summed E-state index contributed by atoms with van der Waals surface area (Å²) in [4.78, 5) is 27.8. The standard InChI is InChI=1S/C51H47N7O8/c59-46-30-50(39-14-8-3-9-15-39)66-51-29-43(16-18-44(46)51)64-27-25-62-23-21-58-36-41(53-55-58)34-56(32-37-10-4-1-5-11-37)33-40-35-57(54-52-40)20-22-61-24-26-63-42-17-19-48-45(28-42)47(60)31-49(65-48)38-12-6-2-7-13-38/h1-19,28-31,35-36H,20-27,32-34H2. The fraction of sp³-hybridized carbons (Fsp3) is 0.216. The van der Waals surface area contributed by atoms with Gasteiger partial charge >= 0.3 is 0 Å². The van der Waals surface area contributed by atoms with Crippen LogP contribution in [-0.2, 0) is 42.2 Å². The van der Waals surface area contributed by atoms with Gasteiger partial charge in [0, 0.05) is 61.4 Å². The summed E-state index contributed by atoms with van der Waals surface area (Å²) in [6.45, 7) is 5.04. The molecule has 15 heteroatoms. The predicted octanol–water partition coefficient (Wildman–Crippen LogP) is 7.81. The number of fused-ring (bicyclic) bond motifs is 2. The van der Waals surface area contributed by atoms with Crippen LogP contribution in [0.5, 0.6) is 11.5 Å². The Balaban J connectivity index is 0.705. The highest BCUT2D eigenvalue weighted by molar-refractivity contribution is 5.81. The SMILES string of the molecule is O=c1cc(-c2ccccc2)oc2cc(OCCOCCn3cc(CN(Cc4ccccc4)Cc4cn(CCOCCOc5ccc6oc(-c7ccccc7)cc(=O)c6c5)nn4)nn3)ccc12. The van der Waals surface area contributed by atoms with E-state index in [-0.39, 0.29) is 10.9 Å². The topological polar surface area (TPSA) is 162 Å².